The maximum Gasteiger partial charge on any atom is 0.405 e. The molecule has 0 aliphatic rings. The molecule has 0 aliphatic heterocycles. The number of nitrogens with zero attached hydrogens (tertiary/aromatic N) is 4. The van der Waals surface area contributed by atoms with E-state index in [-0.39, 0.29) is 16.7 Å². The smallest absolute Gasteiger partial charge is 0.351 e. The van der Waals surface area contributed by atoms with Crippen LogP contribution in [0.15, 0.2) is 34.0 Å². The number of thiazole rings is 1. The minimum absolute atomic E-state index is 0.0751. The van der Waals surface area contributed by atoms with E-state index >= 15 is 0 Å². The minimum atomic E-state index is -4.34. The van der Waals surface area contributed by atoms with Gasteiger partial charge in [-0.15, -0.1) is 21.5 Å². The van der Waals surface area contributed by atoms with Gasteiger partial charge in [0.25, 0.3) is 0 Å². The largest absolute Gasteiger partial charge is 0.405 e. The van der Waals surface area contributed by atoms with Crippen molar-refractivity contribution in [2.75, 3.05) is 16.8 Å². The van der Waals surface area contributed by atoms with Crippen molar-refractivity contribution in [3.05, 3.63) is 41.2 Å². The van der Waals surface area contributed by atoms with E-state index in [1.165, 1.54) is 53.1 Å². The van der Waals surface area contributed by atoms with Crippen LogP contribution >= 0.6 is 34.4 Å². The first-order valence-electron chi connectivity index (χ1n) is 7.99. The average molecular weight is 464 g/mol. The Labute approximate surface area is 175 Å². The molecule has 1 N–H and O–H groups in total. The van der Waals surface area contributed by atoms with Crippen molar-refractivity contribution in [2.45, 2.75) is 23.2 Å². The SMILES string of the molecule is CC(=O)N(c1nc(CSc2nnc(NCC(F)(F)F)s2)cs1)c1ccccc1F. The van der Waals surface area contributed by atoms with Crippen LogP contribution in [-0.4, -0.2) is 33.8 Å². The number of alkyl halides is 3. The van der Waals surface area contributed by atoms with Crippen LogP contribution < -0.4 is 10.2 Å². The van der Waals surface area contributed by atoms with Gasteiger partial charge in [-0.3, -0.25) is 9.69 Å². The zero-order valence-electron chi connectivity index (χ0n) is 14.7. The zero-order valence-corrected chi connectivity index (χ0v) is 17.2. The topological polar surface area (TPSA) is 71.0 Å². The van der Waals surface area contributed by atoms with Gasteiger partial charge in [0.2, 0.25) is 11.0 Å². The molecule has 0 saturated heterocycles. The summed E-state index contributed by atoms with van der Waals surface area (Å²) in [5.41, 5.74) is 0.732. The van der Waals surface area contributed by atoms with E-state index in [9.17, 15) is 22.4 Å². The number of amides is 1. The number of benzene rings is 1. The molecule has 2 aromatic heterocycles. The van der Waals surface area contributed by atoms with E-state index in [1.807, 2.05) is 0 Å². The van der Waals surface area contributed by atoms with Crippen molar-refractivity contribution in [3.63, 3.8) is 0 Å². The number of nitrogens with one attached hydrogen (secondary N) is 1. The molecular formula is C16H13F4N5OS3. The van der Waals surface area contributed by atoms with Gasteiger partial charge in [0.15, 0.2) is 9.47 Å². The van der Waals surface area contributed by atoms with Gasteiger partial charge in [-0.1, -0.05) is 35.2 Å². The number of hydrogen-bond acceptors (Lipinski definition) is 8. The molecule has 2 heterocycles. The molecule has 0 saturated carbocycles. The molecule has 0 fully saturated rings. The fourth-order valence-corrected chi connectivity index (χ4v) is 4.78. The third-order valence-corrected chi connectivity index (χ3v) is 6.25. The zero-order chi connectivity index (χ0) is 21.0. The monoisotopic (exact) mass is 463 g/mol. The third kappa shape index (κ3) is 5.87. The van der Waals surface area contributed by atoms with E-state index in [4.69, 9.17) is 0 Å². The van der Waals surface area contributed by atoms with Gasteiger partial charge in [-0.2, -0.15) is 13.2 Å². The summed E-state index contributed by atoms with van der Waals surface area (Å²) in [6.45, 7) is 0.137. The highest BCUT2D eigenvalue weighted by molar-refractivity contribution is 8.00. The van der Waals surface area contributed by atoms with Crippen LogP contribution in [0.5, 0.6) is 0 Å². The first-order valence-corrected chi connectivity index (χ1v) is 10.7. The number of rotatable bonds is 7. The Morgan fingerprint density at radius 2 is 2.03 bits per heavy atom. The van der Waals surface area contributed by atoms with Gasteiger partial charge in [0, 0.05) is 18.1 Å². The van der Waals surface area contributed by atoms with Gasteiger partial charge < -0.3 is 5.32 Å². The second-order valence-corrected chi connectivity index (χ2v) is 8.59. The second kappa shape index (κ2) is 9.05. The molecule has 13 heteroatoms. The Bertz CT molecular complexity index is 991. The molecule has 0 spiro atoms. The maximum atomic E-state index is 14.1. The number of aromatic nitrogens is 3. The number of anilines is 3. The molecule has 0 unspecified atom stereocenters. The van der Waals surface area contributed by atoms with Crippen molar-refractivity contribution in [1.29, 1.82) is 0 Å². The van der Waals surface area contributed by atoms with Crippen molar-refractivity contribution in [2.24, 2.45) is 0 Å². The lowest BCUT2D eigenvalue weighted by Crippen LogP contribution is -2.23. The van der Waals surface area contributed by atoms with E-state index < -0.39 is 18.5 Å². The van der Waals surface area contributed by atoms with Crippen LogP contribution in [0.4, 0.5) is 33.5 Å². The van der Waals surface area contributed by atoms with Gasteiger partial charge in [0.1, 0.15) is 12.4 Å². The lowest BCUT2D eigenvalue weighted by Gasteiger charge is -2.18. The van der Waals surface area contributed by atoms with Crippen molar-refractivity contribution >= 4 is 56.3 Å². The molecule has 3 aromatic rings. The predicted octanol–water partition coefficient (Wildman–Crippen LogP) is 5.08. The summed E-state index contributed by atoms with van der Waals surface area (Å²) in [7, 11) is 0. The van der Waals surface area contributed by atoms with Gasteiger partial charge >= 0.3 is 6.18 Å². The third-order valence-electron chi connectivity index (χ3n) is 3.33. The molecule has 0 bridgehead atoms. The van der Waals surface area contributed by atoms with Crippen LogP contribution in [0.1, 0.15) is 12.6 Å². The fraction of sp³-hybridized carbons (Fsp3) is 0.250. The molecule has 1 amide bonds. The number of para-hydroxylation sites is 1. The van der Waals surface area contributed by atoms with Crippen molar-refractivity contribution in [1.82, 2.24) is 15.2 Å². The van der Waals surface area contributed by atoms with Crippen LogP contribution in [0.25, 0.3) is 0 Å². The maximum absolute atomic E-state index is 14.1. The molecule has 0 atom stereocenters. The Kier molecular flexibility index (Phi) is 6.70. The number of carbonyl (C=O) groups excluding carboxylic acids is 1. The molecule has 0 aliphatic carbocycles. The molecule has 1 aromatic carbocycles. The standard InChI is InChI=1S/C16H13F4N5OS3/c1-9(26)25(12-5-3-2-4-11(12)17)14-22-10(6-27-14)7-28-15-24-23-13(29-15)21-8-16(18,19)20/h2-6H,7-8H2,1H3,(H,21,23). The highest BCUT2D eigenvalue weighted by Gasteiger charge is 2.27. The quantitative estimate of drug-likeness (QED) is 0.389. The summed E-state index contributed by atoms with van der Waals surface area (Å²) in [6, 6.07) is 5.90. The van der Waals surface area contributed by atoms with Gasteiger partial charge in [-0.25, -0.2) is 9.37 Å². The predicted molar refractivity (Wildman–Crippen MR) is 105 cm³/mol. The lowest BCUT2D eigenvalue weighted by atomic mass is 10.3. The van der Waals surface area contributed by atoms with E-state index in [0.29, 0.717) is 20.9 Å². The van der Waals surface area contributed by atoms with Crippen molar-refractivity contribution < 1.29 is 22.4 Å². The van der Waals surface area contributed by atoms with Gasteiger partial charge in [0.05, 0.1) is 11.4 Å². The number of halogens is 4. The average Bonchev–Trinajstić information content (AvgIpc) is 3.29. The normalized spacial score (nSPS) is 11.5. The Balaban J connectivity index is 1.65. The van der Waals surface area contributed by atoms with E-state index in [2.05, 4.69) is 20.5 Å². The summed E-state index contributed by atoms with van der Waals surface area (Å²) in [5.74, 6) is -0.553. The van der Waals surface area contributed by atoms with Gasteiger partial charge in [-0.05, 0) is 12.1 Å². The first kappa shape index (κ1) is 21.5. The molecule has 29 heavy (non-hydrogen) atoms. The molecule has 0 radical (unpaired) electrons. The molecule has 154 valence electrons. The molecule has 3 rings (SSSR count). The Morgan fingerprint density at radius 3 is 2.72 bits per heavy atom. The van der Waals surface area contributed by atoms with E-state index in [1.54, 1.807) is 11.4 Å². The number of carbonyl (C=O) groups is 1. The Hall–Kier alpha value is -2.25. The first-order chi connectivity index (χ1) is 13.7. The number of hydrogen-bond donors (Lipinski definition) is 1. The molecular weight excluding hydrogens is 450 g/mol. The Morgan fingerprint density at radius 1 is 1.28 bits per heavy atom. The summed E-state index contributed by atoms with van der Waals surface area (Å²) in [6.07, 6.45) is -4.34. The summed E-state index contributed by atoms with van der Waals surface area (Å²) < 4.78 is 51.2. The summed E-state index contributed by atoms with van der Waals surface area (Å²) >= 11 is 3.44. The summed E-state index contributed by atoms with van der Waals surface area (Å²) in [5, 5.41) is 11.8. The minimum Gasteiger partial charge on any atom is -0.351 e. The lowest BCUT2D eigenvalue weighted by molar-refractivity contribution is -0.116. The number of thioether (sulfide) groups is 1. The second-order valence-electron chi connectivity index (χ2n) is 5.56. The van der Waals surface area contributed by atoms with Crippen LogP contribution in [0.3, 0.4) is 0 Å². The van der Waals surface area contributed by atoms with Crippen molar-refractivity contribution in [3.8, 4) is 0 Å². The highest BCUT2D eigenvalue weighted by atomic mass is 32.2. The fourth-order valence-electron chi connectivity index (χ4n) is 2.16. The van der Waals surface area contributed by atoms with Crippen LogP contribution in [0.2, 0.25) is 0 Å². The summed E-state index contributed by atoms with van der Waals surface area (Å²) in [4.78, 5) is 17.6. The van der Waals surface area contributed by atoms with Crippen LogP contribution in [0, 0.1) is 5.82 Å². The van der Waals surface area contributed by atoms with E-state index in [0.717, 1.165) is 11.3 Å². The highest BCUT2D eigenvalue weighted by Crippen LogP contribution is 2.33. The molecule has 6 nitrogen and oxygen atoms in total. The van der Waals surface area contributed by atoms with Crippen LogP contribution in [-0.2, 0) is 10.5 Å².